The number of carbonyl (C=O) groups is 1. The average molecular weight is 997 g/mol. The van der Waals surface area contributed by atoms with Gasteiger partial charge in [-0.3, -0.25) is 4.79 Å². The lowest BCUT2D eigenvalue weighted by atomic mass is 10.0. The summed E-state index contributed by atoms with van der Waals surface area (Å²) in [4.78, 5) is 12.6. The minimum atomic E-state index is -1.11. The smallest absolute Gasteiger partial charge is 0.249 e. The lowest BCUT2D eigenvalue weighted by Gasteiger charge is -2.21. The summed E-state index contributed by atoms with van der Waals surface area (Å²) in [6.07, 6.45) is 82.3. The Morgan fingerprint density at radius 1 is 0.352 bits per heavy atom. The topological polar surface area (TPSA) is 89.8 Å². The number of amides is 1. The summed E-state index contributed by atoms with van der Waals surface area (Å²) >= 11 is 0. The van der Waals surface area contributed by atoms with E-state index in [0.717, 1.165) is 44.9 Å². The van der Waals surface area contributed by atoms with Crippen molar-refractivity contribution in [1.82, 2.24) is 5.32 Å². The van der Waals surface area contributed by atoms with Gasteiger partial charge < -0.3 is 20.6 Å². The van der Waals surface area contributed by atoms with Crippen LogP contribution in [0.2, 0.25) is 0 Å². The molecule has 418 valence electrons. The van der Waals surface area contributed by atoms with Gasteiger partial charge in [-0.1, -0.05) is 326 Å². The number of allylic oxidation sites excluding steroid dienone is 7. The van der Waals surface area contributed by atoms with Crippen molar-refractivity contribution in [2.75, 3.05) is 6.61 Å². The van der Waals surface area contributed by atoms with Gasteiger partial charge in [0.15, 0.2) is 0 Å². The summed E-state index contributed by atoms with van der Waals surface area (Å²) in [5.41, 5.74) is 0. The molecule has 1 amide bonds. The fourth-order valence-corrected chi connectivity index (χ4v) is 9.94. The van der Waals surface area contributed by atoms with Gasteiger partial charge in [0.05, 0.1) is 18.8 Å². The van der Waals surface area contributed by atoms with Crippen molar-refractivity contribution in [2.24, 2.45) is 0 Å². The van der Waals surface area contributed by atoms with Gasteiger partial charge in [-0.25, -0.2) is 0 Å². The quantitative estimate of drug-likeness (QED) is 0.0361. The van der Waals surface area contributed by atoms with Crippen LogP contribution in [-0.4, -0.2) is 46.1 Å². The molecule has 0 saturated carbocycles. The van der Waals surface area contributed by atoms with Crippen molar-refractivity contribution >= 4 is 5.91 Å². The van der Waals surface area contributed by atoms with Crippen molar-refractivity contribution in [3.05, 3.63) is 48.6 Å². The lowest BCUT2D eigenvalue weighted by Crippen LogP contribution is -2.48. The molecule has 4 N–H and O–H groups in total. The molecule has 0 aromatic carbocycles. The Balaban J connectivity index is 3.54. The third-order valence-corrected chi connectivity index (χ3v) is 14.9. The molecular weight excluding hydrogens is 871 g/mol. The Kier molecular flexibility index (Phi) is 59.4. The van der Waals surface area contributed by atoms with Crippen LogP contribution in [0.4, 0.5) is 0 Å². The van der Waals surface area contributed by atoms with Crippen LogP contribution in [0.5, 0.6) is 0 Å². The highest BCUT2D eigenvalue weighted by Crippen LogP contribution is 2.18. The highest BCUT2D eigenvalue weighted by molar-refractivity contribution is 5.80. The molecule has 0 heterocycles. The van der Waals surface area contributed by atoms with Crippen LogP contribution in [0.25, 0.3) is 0 Å². The van der Waals surface area contributed by atoms with Gasteiger partial charge in [0.1, 0.15) is 6.10 Å². The Bertz CT molecular complexity index is 1150. The Labute approximate surface area is 444 Å². The molecule has 0 aromatic rings. The minimum absolute atomic E-state index is 0.375. The van der Waals surface area contributed by atoms with Crippen molar-refractivity contribution in [1.29, 1.82) is 0 Å². The first-order valence-electron chi connectivity index (χ1n) is 32.0. The number of carbonyl (C=O) groups excluding carboxylic acids is 1. The molecule has 0 bridgehead atoms. The average Bonchev–Trinajstić information content (AvgIpc) is 3.38. The van der Waals surface area contributed by atoms with Gasteiger partial charge in [0.2, 0.25) is 5.91 Å². The number of nitrogens with one attached hydrogen (secondary N) is 1. The number of hydrogen-bond acceptors (Lipinski definition) is 4. The Morgan fingerprint density at radius 2 is 0.620 bits per heavy atom. The number of rotatable bonds is 59. The molecule has 71 heavy (non-hydrogen) atoms. The number of unbranched alkanes of at least 4 members (excludes halogenated alkanes) is 45. The zero-order chi connectivity index (χ0) is 51.4. The molecule has 0 aliphatic carbocycles. The fourth-order valence-electron chi connectivity index (χ4n) is 9.94. The van der Waals surface area contributed by atoms with E-state index in [2.05, 4.69) is 55.6 Å². The van der Waals surface area contributed by atoms with Crippen LogP contribution in [0, 0.1) is 0 Å². The van der Waals surface area contributed by atoms with E-state index in [1.54, 1.807) is 6.08 Å². The van der Waals surface area contributed by atoms with Gasteiger partial charge >= 0.3 is 0 Å². The summed E-state index contributed by atoms with van der Waals surface area (Å²) in [7, 11) is 0. The first-order chi connectivity index (χ1) is 35.1. The zero-order valence-electron chi connectivity index (χ0n) is 47.9. The molecule has 3 atom stereocenters. The van der Waals surface area contributed by atoms with Gasteiger partial charge in [-0.05, 0) is 64.2 Å². The zero-order valence-corrected chi connectivity index (χ0v) is 47.9. The van der Waals surface area contributed by atoms with Gasteiger partial charge in [-0.2, -0.15) is 0 Å². The van der Waals surface area contributed by atoms with Crippen LogP contribution in [-0.2, 0) is 4.79 Å². The van der Waals surface area contributed by atoms with Crippen molar-refractivity contribution in [3.63, 3.8) is 0 Å². The van der Waals surface area contributed by atoms with Gasteiger partial charge in [0, 0.05) is 0 Å². The second kappa shape index (κ2) is 60.9. The summed E-state index contributed by atoms with van der Waals surface area (Å²) in [6.45, 7) is 4.21. The minimum Gasteiger partial charge on any atom is -0.394 e. The van der Waals surface area contributed by atoms with E-state index < -0.39 is 24.2 Å². The van der Waals surface area contributed by atoms with E-state index in [1.807, 2.05) is 6.08 Å². The predicted octanol–water partition coefficient (Wildman–Crippen LogP) is 20.3. The lowest BCUT2D eigenvalue weighted by molar-refractivity contribution is -0.131. The maximum absolute atomic E-state index is 12.6. The third kappa shape index (κ3) is 55.9. The van der Waals surface area contributed by atoms with E-state index in [9.17, 15) is 20.1 Å². The van der Waals surface area contributed by atoms with Gasteiger partial charge in [0.25, 0.3) is 0 Å². The normalized spacial score (nSPS) is 13.5. The molecule has 0 fully saturated rings. The highest BCUT2D eigenvalue weighted by atomic mass is 16.3. The summed E-state index contributed by atoms with van der Waals surface area (Å²) in [5, 5.41) is 33.4. The van der Waals surface area contributed by atoms with E-state index in [-0.39, 0.29) is 6.61 Å². The van der Waals surface area contributed by atoms with Crippen LogP contribution in [0.1, 0.15) is 341 Å². The van der Waals surface area contributed by atoms with Crippen LogP contribution in [0.3, 0.4) is 0 Å². The number of aliphatic hydroxyl groups is 3. The first kappa shape index (κ1) is 69.3. The monoisotopic (exact) mass is 996 g/mol. The van der Waals surface area contributed by atoms with E-state index in [0.29, 0.717) is 6.42 Å². The van der Waals surface area contributed by atoms with E-state index in [1.165, 1.54) is 276 Å². The van der Waals surface area contributed by atoms with Crippen LogP contribution >= 0.6 is 0 Å². The van der Waals surface area contributed by atoms with E-state index >= 15 is 0 Å². The molecule has 3 unspecified atom stereocenters. The van der Waals surface area contributed by atoms with Crippen molar-refractivity contribution < 1.29 is 20.1 Å². The maximum atomic E-state index is 12.6. The van der Waals surface area contributed by atoms with Crippen LogP contribution < -0.4 is 5.32 Å². The molecule has 0 saturated heterocycles. The van der Waals surface area contributed by atoms with E-state index in [4.69, 9.17) is 0 Å². The van der Waals surface area contributed by atoms with Crippen molar-refractivity contribution in [2.45, 2.75) is 360 Å². The number of aliphatic hydroxyl groups excluding tert-OH is 3. The molecule has 0 aliphatic heterocycles. The SMILES string of the molecule is CCCCCCCCCCCCCCC/C=C\C/C=C\CCCCCCCCCCCCCCCCCCC(O)C(=O)NC(CO)C(O)/C=C/CC/C=C/CCCCCCCCCCCCCCCCC. The second-order valence-corrected chi connectivity index (χ2v) is 22.0. The largest absolute Gasteiger partial charge is 0.394 e. The molecule has 0 spiro atoms. The Hall–Kier alpha value is -1.69. The molecule has 0 aliphatic rings. The number of hydrogen-bond donors (Lipinski definition) is 4. The maximum Gasteiger partial charge on any atom is 0.249 e. The van der Waals surface area contributed by atoms with Crippen LogP contribution in [0.15, 0.2) is 48.6 Å². The molecular formula is C66H125NO4. The third-order valence-electron chi connectivity index (χ3n) is 14.9. The molecule has 0 aromatic heterocycles. The second-order valence-electron chi connectivity index (χ2n) is 22.0. The van der Waals surface area contributed by atoms with Crippen molar-refractivity contribution in [3.8, 4) is 0 Å². The molecule has 5 heteroatoms. The highest BCUT2D eigenvalue weighted by Gasteiger charge is 2.22. The molecule has 0 rings (SSSR count). The summed E-state index contributed by atoms with van der Waals surface area (Å²) < 4.78 is 0. The molecule has 0 radical (unpaired) electrons. The predicted molar refractivity (Wildman–Crippen MR) is 314 cm³/mol. The standard InChI is InChI=1S/C66H125NO4/c1-3-5-7-9-11-13-15-17-19-21-23-25-26-27-28-29-30-31-32-33-34-35-36-37-38-39-41-43-45-47-49-51-53-55-57-59-61-65(70)66(71)67-63(62-68)64(69)60-58-56-54-52-50-48-46-44-42-40-24-22-20-18-16-14-12-10-8-6-4-2/h28-29,31-32,50,52,58,60,63-65,68-70H,3-27,30,33-49,51,53-57,59,61-62H2,1-2H3,(H,67,71)/b29-28-,32-31-,52-50+,60-58+. The summed E-state index contributed by atoms with van der Waals surface area (Å²) in [5.74, 6) is -0.509. The summed E-state index contributed by atoms with van der Waals surface area (Å²) in [6, 6.07) is -0.816. The molecule has 5 nitrogen and oxygen atoms in total. The Morgan fingerprint density at radius 3 is 0.944 bits per heavy atom. The fraction of sp³-hybridized carbons (Fsp3) is 0.864. The first-order valence-corrected chi connectivity index (χ1v) is 32.0. The van der Waals surface area contributed by atoms with Gasteiger partial charge in [-0.15, -0.1) is 0 Å².